The van der Waals surface area contributed by atoms with Crippen LogP contribution >= 0.6 is 0 Å². The van der Waals surface area contributed by atoms with E-state index >= 15 is 0 Å². The lowest BCUT2D eigenvalue weighted by atomic mass is 10.1. The summed E-state index contributed by atoms with van der Waals surface area (Å²) >= 11 is 0. The number of amides is 1. The Bertz CT molecular complexity index is 689. The van der Waals surface area contributed by atoms with Gasteiger partial charge in [0.05, 0.1) is 33.3 Å². The predicted octanol–water partition coefficient (Wildman–Crippen LogP) is 2.60. The Labute approximate surface area is 136 Å². The molecular weight excluding hydrogens is 296 g/mol. The molecule has 1 amide bonds. The summed E-state index contributed by atoms with van der Waals surface area (Å²) in [5.41, 5.74) is 1.73. The number of H-pyrrole nitrogens is 1. The fourth-order valence-electron chi connectivity index (χ4n) is 2.82. The number of hydrogen-bond acceptors (Lipinski definition) is 4. The van der Waals surface area contributed by atoms with Crippen molar-refractivity contribution in [1.82, 2.24) is 9.88 Å². The van der Waals surface area contributed by atoms with Crippen LogP contribution in [0.15, 0.2) is 12.3 Å². The van der Waals surface area contributed by atoms with Crippen molar-refractivity contribution in [3.8, 4) is 17.2 Å². The molecule has 0 fully saturated rings. The van der Waals surface area contributed by atoms with Crippen molar-refractivity contribution in [2.24, 2.45) is 0 Å². The Hall–Kier alpha value is -2.37. The zero-order valence-corrected chi connectivity index (χ0v) is 14.4. The van der Waals surface area contributed by atoms with Gasteiger partial charge in [-0.1, -0.05) is 0 Å². The van der Waals surface area contributed by atoms with Gasteiger partial charge in [0.15, 0.2) is 11.5 Å². The van der Waals surface area contributed by atoms with Crippen LogP contribution in [0.4, 0.5) is 0 Å². The van der Waals surface area contributed by atoms with Gasteiger partial charge in [-0.05, 0) is 19.4 Å². The van der Waals surface area contributed by atoms with Crippen LogP contribution in [0.25, 0.3) is 10.9 Å². The van der Waals surface area contributed by atoms with Gasteiger partial charge >= 0.3 is 0 Å². The molecule has 1 aromatic carbocycles. The summed E-state index contributed by atoms with van der Waals surface area (Å²) in [6, 6.07) is 1.85. The van der Waals surface area contributed by atoms with Crippen molar-refractivity contribution in [1.29, 1.82) is 0 Å². The molecule has 1 aromatic heterocycles. The molecule has 2 aromatic rings. The van der Waals surface area contributed by atoms with Gasteiger partial charge in [0.25, 0.3) is 0 Å². The zero-order chi connectivity index (χ0) is 17.0. The highest BCUT2D eigenvalue weighted by atomic mass is 16.5. The summed E-state index contributed by atoms with van der Waals surface area (Å²) in [5.74, 6) is 1.78. The molecule has 0 unspecified atom stereocenters. The molecule has 0 aliphatic rings. The standard InChI is InChI=1S/C17H24N2O4/c1-6-19(7-2)14(20)8-11-10-18-12-9-13(21-3)16(22-4)17(23-5)15(11)12/h9-10,18H,6-8H2,1-5H3. The predicted molar refractivity (Wildman–Crippen MR) is 89.6 cm³/mol. The van der Waals surface area contributed by atoms with E-state index in [1.807, 2.05) is 31.0 Å². The average molecular weight is 320 g/mol. The topological polar surface area (TPSA) is 63.8 Å². The third kappa shape index (κ3) is 3.06. The molecule has 6 heteroatoms. The van der Waals surface area contributed by atoms with Gasteiger partial charge in [0, 0.05) is 30.7 Å². The molecule has 23 heavy (non-hydrogen) atoms. The van der Waals surface area contributed by atoms with Crippen LogP contribution in [0.2, 0.25) is 0 Å². The SMILES string of the molecule is CCN(CC)C(=O)Cc1c[nH]c2cc(OC)c(OC)c(OC)c12. The molecular formula is C17H24N2O4. The average Bonchev–Trinajstić information content (AvgIpc) is 2.96. The minimum Gasteiger partial charge on any atom is -0.493 e. The lowest BCUT2D eigenvalue weighted by Crippen LogP contribution is -2.31. The Balaban J connectivity index is 2.52. The molecule has 6 nitrogen and oxygen atoms in total. The third-order valence-electron chi connectivity index (χ3n) is 4.01. The maximum Gasteiger partial charge on any atom is 0.227 e. The summed E-state index contributed by atoms with van der Waals surface area (Å²) in [6.07, 6.45) is 2.15. The Morgan fingerprint density at radius 2 is 1.74 bits per heavy atom. The van der Waals surface area contributed by atoms with Gasteiger partial charge in [-0.3, -0.25) is 4.79 Å². The number of benzene rings is 1. The third-order valence-corrected chi connectivity index (χ3v) is 4.01. The van der Waals surface area contributed by atoms with E-state index in [1.165, 1.54) is 0 Å². The van der Waals surface area contributed by atoms with Crippen molar-refractivity contribution in [3.05, 3.63) is 17.8 Å². The number of ether oxygens (including phenoxy) is 3. The van der Waals surface area contributed by atoms with E-state index in [0.717, 1.165) is 16.5 Å². The second-order valence-corrected chi connectivity index (χ2v) is 5.12. The molecule has 0 saturated carbocycles. The van der Waals surface area contributed by atoms with Crippen molar-refractivity contribution in [3.63, 3.8) is 0 Å². The van der Waals surface area contributed by atoms with Crippen LogP contribution in [0.1, 0.15) is 19.4 Å². The van der Waals surface area contributed by atoms with Crippen LogP contribution in [0, 0.1) is 0 Å². The zero-order valence-electron chi connectivity index (χ0n) is 14.4. The van der Waals surface area contributed by atoms with Crippen molar-refractivity contribution in [2.45, 2.75) is 20.3 Å². The largest absolute Gasteiger partial charge is 0.493 e. The van der Waals surface area contributed by atoms with E-state index < -0.39 is 0 Å². The van der Waals surface area contributed by atoms with E-state index in [9.17, 15) is 4.79 Å². The van der Waals surface area contributed by atoms with E-state index in [1.54, 1.807) is 21.3 Å². The maximum atomic E-state index is 12.4. The molecule has 126 valence electrons. The highest BCUT2D eigenvalue weighted by Crippen LogP contribution is 2.44. The number of aromatic amines is 1. The summed E-state index contributed by atoms with van der Waals surface area (Å²) in [4.78, 5) is 17.4. The first-order chi connectivity index (χ1) is 11.1. The first-order valence-corrected chi connectivity index (χ1v) is 7.67. The summed E-state index contributed by atoms with van der Waals surface area (Å²) in [6.45, 7) is 5.36. The lowest BCUT2D eigenvalue weighted by Gasteiger charge is -2.19. The number of carbonyl (C=O) groups excluding carboxylic acids is 1. The van der Waals surface area contributed by atoms with E-state index in [4.69, 9.17) is 14.2 Å². The van der Waals surface area contributed by atoms with Gasteiger partial charge < -0.3 is 24.1 Å². The molecule has 0 radical (unpaired) electrons. The van der Waals surface area contributed by atoms with Crippen molar-refractivity contribution >= 4 is 16.8 Å². The molecule has 0 aliphatic heterocycles. The summed E-state index contributed by atoms with van der Waals surface area (Å²) in [7, 11) is 4.73. The van der Waals surface area contributed by atoms with Crippen molar-refractivity contribution < 1.29 is 19.0 Å². The van der Waals surface area contributed by atoms with Crippen LogP contribution in [0.3, 0.4) is 0 Å². The molecule has 1 N–H and O–H groups in total. The number of nitrogens with zero attached hydrogens (tertiary/aromatic N) is 1. The second-order valence-electron chi connectivity index (χ2n) is 5.12. The van der Waals surface area contributed by atoms with Crippen LogP contribution in [-0.2, 0) is 11.2 Å². The number of fused-ring (bicyclic) bond motifs is 1. The fourth-order valence-corrected chi connectivity index (χ4v) is 2.82. The Morgan fingerprint density at radius 3 is 2.26 bits per heavy atom. The van der Waals surface area contributed by atoms with E-state index in [2.05, 4.69) is 4.98 Å². The molecule has 0 bridgehead atoms. The minimum absolute atomic E-state index is 0.0905. The number of carbonyl (C=O) groups is 1. The number of aromatic nitrogens is 1. The maximum absolute atomic E-state index is 12.4. The molecule has 0 atom stereocenters. The number of methoxy groups -OCH3 is 3. The number of hydrogen-bond donors (Lipinski definition) is 1. The molecule has 0 saturated heterocycles. The highest BCUT2D eigenvalue weighted by molar-refractivity contribution is 5.96. The molecule has 2 rings (SSSR count). The quantitative estimate of drug-likeness (QED) is 0.852. The first kappa shape index (κ1) is 17.0. The number of likely N-dealkylation sites (N-methyl/N-ethyl adjacent to an activating group) is 1. The van der Waals surface area contributed by atoms with E-state index in [-0.39, 0.29) is 5.91 Å². The van der Waals surface area contributed by atoms with Crippen LogP contribution in [0.5, 0.6) is 17.2 Å². The number of nitrogens with one attached hydrogen (secondary N) is 1. The van der Waals surface area contributed by atoms with Gasteiger partial charge in [-0.2, -0.15) is 0 Å². The van der Waals surface area contributed by atoms with Crippen LogP contribution in [-0.4, -0.2) is 50.2 Å². The Morgan fingerprint density at radius 1 is 1.09 bits per heavy atom. The van der Waals surface area contributed by atoms with E-state index in [0.29, 0.717) is 36.8 Å². The summed E-state index contributed by atoms with van der Waals surface area (Å²) in [5, 5.41) is 0.852. The highest BCUT2D eigenvalue weighted by Gasteiger charge is 2.21. The second kappa shape index (κ2) is 7.26. The smallest absolute Gasteiger partial charge is 0.227 e. The lowest BCUT2D eigenvalue weighted by molar-refractivity contribution is -0.130. The van der Waals surface area contributed by atoms with Gasteiger partial charge in [0.2, 0.25) is 11.7 Å². The Kier molecular flexibility index (Phi) is 5.36. The normalized spacial score (nSPS) is 10.7. The first-order valence-electron chi connectivity index (χ1n) is 7.67. The molecule has 0 aliphatic carbocycles. The minimum atomic E-state index is 0.0905. The van der Waals surface area contributed by atoms with Crippen molar-refractivity contribution in [2.75, 3.05) is 34.4 Å². The molecule has 0 spiro atoms. The number of rotatable bonds is 7. The fraction of sp³-hybridized carbons (Fsp3) is 0.471. The summed E-state index contributed by atoms with van der Waals surface area (Å²) < 4.78 is 16.3. The van der Waals surface area contributed by atoms with Crippen LogP contribution < -0.4 is 14.2 Å². The van der Waals surface area contributed by atoms with Gasteiger partial charge in [-0.15, -0.1) is 0 Å². The molecule has 1 heterocycles. The van der Waals surface area contributed by atoms with Gasteiger partial charge in [-0.25, -0.2) is 0 Å². The van der Waals surface area contributed by atoms with Gasteiger partial charge in [0.1, 0.15) is 0 Å². The monoisotopic (exact) mass is 320 g/mol.